The average Bonchev–Trinajstić information content (AvgIpc) is 3.45. The predicted molar refractivity (Wildman–Crippen MR) is 166 cm³/mol. The second kappa shape index (κ2) is 10.6. The fourth-order valence-corrected chi connectivity index (χ4v) is 6.18. The molecule has 2 aromatic heterocycles. The number of ether oxygens (including phenoxy) is 1. The maximum Gasteiger partial charge on any atom is 0.174 e. The van der Waals surface area contributed by atoms with Gasteiger partial charge in [0, 0.05) is 23.3 Å². The summed E-state index contributed by atoms with van der Waals surface area (Å²) in [6, 6.07) is 32.6. The third kappa shape index (κ3) is 4.65. The molecule has 200 valence electrons. The van der Waals surface area contributed by atoms with Gasteiger partial charge in [-0.15, -0.1) is 0 Å². The number of rotatable bonds is 6. The van der Waals surface area contributed by atoms with E-state index in [2.05, 4.69) is 84.9 Å². The lowest BCUT2D eigenvalue weighted by Crippen LogP contribution is -2.29. The van der Waals surface area contributed by atoms with Crippen LogP contribution < -0.4 is 15.0 Å². The molecule has 0 radical (unpaired) electrons. The SMILES string of the molecule is Cc1cccc(C)c1-n1c(C)cc(C2C(c3ccccn3)NC(=S)N2c2ccc(Oc3ccccc3)cc2)c1C. The number of aromatic nitrogens is 2. The molecule has 3 aromatic carbocycles. The quantitative estimate of drug-likeness (QED) is 0.219. The molecule has 6 rings (SSSR count). The first-order valence-corrected chi connectivity index (χ1v) is 13.9. The number of nitrogens with zero attached hydrogens (tertiary/aromatic N) is 3. The molecule has 0 amide bonds. The van der Waals surface area contributed by atoms with Crippen LogP contribution in [-0.4, -0.2) is 14.7 Å². The third-order valence-electron chi connectivity index (χ3n) is 7.64. The Hall–Kier alpha value is -4.42. The van der Waals surface area contributed by atoms with E-state index >= 15 is 0 Å². The van der Waals surface area contributed by atoms with Gasteiger partial charge in [-0.1, -0.05) is 42.5 Å². The Bertz CT molecular complexity index is 1640. The number of aryl methyl sites for hydroxylation is 3. The minimum absolute atomic E-state index is 0.0902. The zero-order valence-electron chi connectivity index (χ0n) is 23.1. The Labute approximate surface area is 241 Å². The van der Waals surface area contributed by atoms with Crippen molar-refractivity contribution < 1.29 is 4.74 Å². The maximum atomic E-state index is 6.05. The molecule has 5 aromatic rings. The summed E-state index contributed by atoms with van der Waals surface area (Å²) >= 11 is 5.98. The molecule has 5 nitrogen and oxygen atoms in total. The van der Waals surface area contributed by atoms with Gasteiger partial charge in [0.1, 0.15) is 11.5 Å². The van der Waals surface area contributed by atoms with E-state index in [1.807, 2.05) is 60.8 Å². The highest BCUT2D eigenvalue weighted by Gasteiger charge is 2.42. The van der Waals surface area contributed by atoms with Gasteiger partial charge in [-0.2, -0.15) is 0 Å². The summed E-state index contributed by atoms with van der Waals surface area (Å²) in [6.45, 7) is 8.74. The van der Waals surface area contributed by atoms with Crippen LogP contribution in [-0.2, 0) is 0 Å². The molecule has 1 saturated heterocycles. The molecule has 2 unspecified atom stereocenters. The van der Waals surface area contributed by atoms with Crippen molar-refractivity contribution in [2.24, 2.45) is 0 Å². The predicted octanol–water partition coefficient (Wildman–Crippen LogP) is 8.08. The first-order valence-electron chi connectivity index (χ1n) is 13.5. The number of hydrogen-bond acceptors (Lipinski definition) is 3. The van der Waals surface area contributed by atoms with Gasteiger partial charge in [-0.3, -0.25) is 4.98 Å². The molecule has 0 aliphatic carbocycles. The van der Waals surface area contributed by atoms with Crippen molar-refractivity contribution in [1.29, 1.82) is 0 Å². The van der Waals surface area contributed by atoms with E-state index < -0.39 is 0 Å². The van der Waals surface area contributed by atoms with Gasteiger partial charge >= 0.3 is 0 Å². The molecule has 0 bridgehead atoms. The Morgan fingerprint density at radius 2 is 1.45 bits per heavy atom. The summed E-state index contributed by atoms with van der Waals surface area (Å²) in [6.07, 6.45) is 1.84. The maximum absolute atomic E-state index is 6.05. The summed E-state index contributed by atoms with van der Waals surface area (Å²) in [4.78, 5) is 6.95. The van der Waals surface area contributed by atoms with E-state index in [0.717, 1.165) is 22.9 Å². The van der Waals surface area contributed by atoms with Gasteiger partial charge in [-0.05, 0) is 111 Å². The molecule has 1 N–H and O–H groups in total. The molecule has 40 heavy (non-hydrogen) atoms. The van der Waals surface area contributed by atoms with Gasteiger partial charge in [-0.25, -0.2) is 0 Å². The summed E-state index contributed by atoms with van der Waals surface area (Å²) < 4.78 is 8.43. The fraction of sp³-hybridized carbons (Fsp3) is 0.176. The summed E-state index contributed by atoms with van der Waals surface area (Å²) in [7, 11) is 0. The minimum Gasteiger partial charge on any atom is -0.457 e. The average molecular weight is 545 g/mol. The van der Waals surface area contributed by atoms with Crippen LogP contribution in [0.2, 0.25) is 0 Å². The summed E-state index contributed by atoms with van der Waals surface area (Å²) in [5.74, 6) is 1.58. The third-order valence-corrected chi connectivity index (χ3v) is 7.96. The number of nitrogens with one attached hydrogen (secondary N) is 1. The van der Waals surface area contributed by atoms with Crippen molar-refractivity contribution in [2.75, 3.05) is 4.90 Å². The number of benzene rings is 3. The standard InChI is InChI=1S/C34H32N4OS/c1-22-11-10-12-23(2)32(22)37-24(3)21-29(25(37)4)33-31(30-15-8-9-20-35-30)36-34(40)38(33)26-16-18-28(19-17-26)39-27-13-6-5-7-14-27/h5-21,31,33H,1-4H3,(H,36,40). The number of anilines is 1. The lowest BCUT2D eigenvalue weighted by molar-refractivity contribution is 0.482. The van der Waals surface area contributed by atoms with Crippen LogP contribution in [0.25, 0.3) is 5.69 Å². The van der Waals surface area contributed by atoms with Crippen molar-refractivity contribution in [3.8, 4) is 17.2 Å². The molecule has 1 aliphatic heterocycles. The van der Waals surface area contributed by atoms with Crippen LogP contribution in [0.4, 0.5) is 5.69 Å². The molecule has 0 spiro atoms. The number of thiocarbonyl (C=S) groups is 1. The topological polar surface area (TPSA) is 42.3 Å². The van der Waals surface area contributed by atoms with Crippen molar-refractivity contribution in [3.05, 3.63) is 137 Å². The van der Waals surface area contributed by atoms with Gasteiger partial charge in [0.2, 0.25) is 0 Å². The van der Waals surface area contributed by atoms with Crippen molar-refractivity contribution in [2.45, 2.75) is 39.8 Å². The highest BCUT2D eigenvalue weighted by Crippen LogP contribution is 2.44. The van der Waals surface area contributed by atoms with Gasteiger partial charge in [0.15, 0.2) is 5.11 Å². The van der Waals surface area contributed by atoms with Crippen LogP contribution in [0.5, 0.6) is 11.5 Å². The number of hydrogen-bond donors (Lipinski definition) is 1. The summed E-state index contributed by atoms with van der Waals surface area (Å²) in [5.41, 5.74) is 9.29. The van der Waals surface area contributed by atoms with Crippen LogP contribution in [0.15, 0.2) is 103 Å². The molecule has 0 saturated carbocycles. The molecule has 3 heterocycles. The molecular weight excluding hydrogens is 512 g/mol. The van der Waals surface area contributed by atoms with Crippen LogP contribution in [0.1, 0.15) is 45.9 Å². The monoisotopic (exact) mass is 544 g/mol. The van der Waals surface area contributed by atoms with Crippen molar-refractivity contribution >= 4 is 23.0 Å². The molecule has 6 heteroatoms. The van der Waals surface area contributed by atoms with E-state index in [9.17, 15) is 0 Å². The largest absolute Gasteiger partial charge is 0.457 e. The highest BCUT2D eigenvalue weighted by molar-refractivity contribution is 7.80. The Balaban J connectivity index is 1.44. The molecule has 1 aliphatic rings. The smallest absolute Gasteiger partial charge is 0.174 e. The van der Waals surface area contributed by atoms with Crippen LogP contribution in [0, 0.1) is 27.7 Å². The van der Waals surface area contributed by atoms with Crippen LogP contribution >= 0.6 is 12.2 Å². The van der Waals surface area contributed by atoms with Gasteiger partial charge < -0.3 is 19.5 Å². The Kier molecular flexibility index (Phi) is 6.86. The van der Waals surface area contributed by atoms with E-state index in [1.165, 1.54) is 33.8 Å². The van der Waals surface area contributed by atoms with E-state index in [1.54, 1.807) is 0 Å². The Morgan fingerprint density at radius 1 is 0.775 bits per heavy atom. The second-order valence-electron chi connectivity index (χ2n) is 10.3. The van der Waals surface area contributed by atoms with Gasteiger partial charge in [0.25, 0.3) is 0 Å². The summed E-state index contributed by atoms with van der Waals surface area (Å²) in [5, 5.41) is 4.27. The van der Waals surface area contributed by atoms with Crippen molar-refractivity contribution in [3.63, 3.8) is 0 Å². The number of para-hydroxylation sites is 2. The van der Waals surface area contributed by atoms with Gasteiger partial charge in [0.05, 0.1) is 23.5 Å². The molecule has 1 fully saturated rings. The zero-order valence-corrected chi connectivity index (χ0v) is 23.9. The van der Waals surface area contributed by atoms with E-state index in [-0.39, 0.29) is 12.1 Å². The first kappa shape index (κ1) is 25.8. The second-order valence-corrected chi connectivity index (χ2v) is 10.7. The molecule has 2 atom stereocenters. The van der Waals surface area contributed by atoms with E-state index in [4.69, 9.17) is 21.9 Å². The lowest BCUT2D eigenvalue weighted by Gasteiger charge is -2.28. The molecular formula is C34H32N4OS. The van der Waals surface area contributed by atoms with Crippen LogP contribution in [0.3, 0.4) is 0 Å². The number of pyridine rings is 1. The zero-order chi connectivity index (χ0) is 27.8. The van der Waals surface area contributed by atoms with E-state index in [0.29, 0.717) is 5.11 Å². The lowest BCUT2D eigenvalue weighted by atomic mass is 9.96. The van der Waals surface area contributed by atoms with Crippen molar-refractivity contribution in [1.82, 2.24) is 14.9 Å². The Morgan fingerprint density at radius 3 is 2.12 bits per heavy atom. The normalized spacial score (nSPS) is 16.7. The minimum atomic E-state index is -0.110. The highest BCUT2D eigenvalue weighted by atomic mass is 32.1. The fourth-order valence-electron chi connectivity index (χ4n) is 5.84. The first-order chi connectivity index (χ1) is 19.4.